The molecule has 0 aliphatic carbocycles. The summed E-state index contributed by atoms with van der Waals surface area (Å²) in [5, 5.41) is 4.09. The fourth-order valence-electron chi connectivity index (χ4n) is 4.21. The van der Waals surface area contributed by atoms with Crippen LogP contribution in [0.4, 0.5) is 0 Å². The Kier molecular flexibility index (Phi) is 7.41. The van der Waals surface area contributed by atoms with Gasteiger partial charge in [0.25, 0.3) is 0 Å². The molecule has 1 aliphatic rings. The highest BCUT2D eigenvalue weighted by atomic mass is 35.5. The summed E-state index contributed by atoms with van der Waals surface area (Å²) in [5.74, 6) is 0. The number of nitrogens with zero attached hydrogens (tertiary/aromatic N) is 3. The molecule has 162 valence electrons. The highest BCUT2D eigenvalue weighted by molar-refractivity contribution is 7.07. The van der Waals surface area contributed by atoms with Gasteiger partial charge < -0.3 is 10.6 Å². The quantitative estimate of drug-likeness (QED) is 0.536. The summed E-state index contributed by atoms with van der Waals surface area (Å²) in [5.41, 5.74) is 8.56. The van der Waals surface area contributed by atoms with Crippen molar-refractivity contribution >= 4 is 29.1 Å². The van der Waals surface area contributed by atoms with Crippen LogP contribution in [0.15, 0.2) is 71.0 Å². The lowest BCUT2D eigenvalue weighted by atomic mass is 10.1. The molecule has 31 heavy (non-hydrogen) atoms. The Morgan fingerprint density at radius 1 is 1.10 bits per heavy atom. The number of fused-ring (bicyclic) bond motifs is 1. The highest BCUT2D eigenvalue weighted by Gasteiger charge is 2.31. The van der Waals surface area contributed by atoms with Gasteiger partial charge in [0.2, 0.25) is 0 Å². The zero-order valence-electron chi connectivity index (χ0n) is 17.8. The Bertz CT molecular complexity index is 1080. The van der Waals surface area contributed by atoms with Crippen LogP contribution >= 0.6 is 22.9 Å². The van der Waals surface area contributed by atoms with Crippen molar-refractivity contribution in [3.8, 4) is 0 Å². The van der Waals surface area contributed by atoms with E-state index in [0.717, 1.165) is 35.7 Å². The molecule has 0 amide bonds. The van der Waals surface area contributed by atoms with Gasteiger partial charge in [-0.1, -0.05) is 61.0 Å². The van der Waals surface area contributed by atoms with Crippen LogP contribution in [-0.2, 0) is 13.1 Å². The third kappa shape index (κ3) is 5.36. The van der Waals surface area contributed by atoms with Crippen molar-refractivity contribution in [3.05, 3.63) is 92.1 Å². The van der Waals surface area contributed by atoms with Crippen LogP contribution in [0.2, 0.25) is 5.02 Å². The molecular formula is C25H29ClN4S. The highest BCUT2D eigenvalue weighted by Crippen LogP contribution is 2.23. The van der Waals surface area contributed by atoms with Crippen molar-refractivity contribution in [2.24, 2.45) is 10.7 Å². The molecule has 0 spiro atoms. The Morgan fingerprint density at radius 2 is 1.87 bits per heavy atom. The lowest BCUT2D eigenvalue weighted by Crippen LogP contribution is -2.53. The molecule has 0 saturated heterocycles. The van der Waals surface area contributed by atoms with Crippen molar-refractivity contribution in [3.63, 3.8) is 0 Å². The molecule has 6 heteroatoms. The molecule has 2 aromatic carbocycles. The molecule has 2 atom stereocenters. The molecule has 1 aliphatic heterocycles. The van der Waals surface area contributed by atoms with Gasteiger partial charge in [0.15, 0.2) is 0 Å². The van der Waals surface area contributed by atoms with Gasteiger partial charge in [-0.2, -0.15) is 0 Å². The van der Waals surface area contributed by atoms with E-state index >= 15 is 0 Å². The summed E-state index contributed by atoms with van der Waals surface area (Å²) in [7, 11) is 0. The van der Waals surface area contributed by atoms with Gasteiger partial charge in [-0.3, -0.25) is 4.90 Å². The van der Waals surface area contributed by atoms with Crippen molar-refractivity contribution in [2.75, 3.05) is 13.1 Å². The average Bonchev–Trinajstić information content (AvgIpc) is 3.24. The zero-order chi connectivity index (χ0) is 21.6. The molecule has 4 rings (SSSR count). The summed E-state index contributed by atoms with van der Waals surface area (Å²) in [6.45, 7) is 5.34. The second kappa shape index (κ2) is 10.4. The van der Waals surface area contributed by atoms with E-state index in [-0.39, 0.29) is 12.2 Å². The third-order valence-electron chi connectivity index (χ3n) is 5.72. The predicted molar refractivity (Wildman–Crippen MR) is 130 cm³/mol. The predicted octanol–water partition coefficient (Wildman–Crippen LogP) is 3.84. The molecule has 1 aromatic heterocycles. The van der Waals surface area contributed by atoms with E-state index in [1.807, 2.05) is 12.1 Å². The van der Waals surface area contributed by atoms with Crippen molar-refractivity contribution in [1.29, 1.82) is 0 Å². The van der Waals surface area contributed by atoms with Crippen LogP contribution in [0.5, 0.6) is 0 Å². The van der Waals surface area contributed by atoms with Gasteiger partial charge >= 0.3 is 0 Å². The van der Waals surface area contributed by atoms with E-state index < -0.39 is 0 Å². The van der Waals surface area contributed by atoms with Crippen LogP contribution in [0, 0.1) is 0 Å². The van der Waals surface area contributed by atoms with Crippen LogP contribution < -0.4 is 15.6 Å². The monoisotopic (exact) mass is 452 g/mol. The average molecular weight is 453 g/mol. The summed E-state index contributed by atoms with van der Waals surface area (Å²) < 4.78 is 1.12. The standard InChI is InChI=1S/C25H29ClN4S/c1-2-23(29(14-13-27)16-20-8-10-22(26)11-9-20)24-28-25-21(12-15-31-25)18-30(24)17-19-6-4-3-5-7-19/h3-12,15,18,23-24H,2,13-14,16-17,27H2,1H3. The molecular weight excluding hydrogens is 424 g/mol. The fraction of sp³-hybridized carbons (Fsp3) is 0.320. The smallest absolute Gasteiger partial charge is 0.138 e. The Balaban J connectivity index is 1.65. The molecule has 0 bridgehead atoms. The van der Waals surface area contributed by atoms with Crippen LogP contribution in [0.1, 0.15) is 24.5 Å². The van der Waals surface area contributed by atoms with Gasteiger partial charge in [-0.15, -0.1) is 11.3 Å². The fourth-order valence-corrected chi connectivity index (χ4v) is 5.11. The first-order valence-electron chi connectivity index (χ1n) is 10.8. The van der Waals surface area contributed by atoms with Gasteiger partial charge in [0, 0.05) is 42.6 Å². The Morgan fingerprint density at radius 3 is 2.58 bits per heavy atom. The first-order valence-corrected chi connectivity index (χ1v) is 12.0. The molecule has 2 N–H and O–H groups in total. The largest absolute Gasteiger partial charge is 0.350 e. The van der Waals surface area contributed by atoms with Gasteiger partial charge in [-0.05, 0) is 41.1 Å². The topological polar surface area (TPSA) is 44.9 Å². The van der Waals surface area contributed by atoms with Gasteiger partial charge in [-0.25, -0.2) is 4.99 Å². The first kappa shape index (κ1) is 22.0. The summed E-state index contributed by atoms with van der Waals surface area (Å²) >= 11 is 7.81. The zero-order valence-corrected chi connectivity index (χ0v) is 19.4. The lowest BCUT2D eigenvalue weighted by Gasteiger charge is -2.40. The van der Waals surface area contributed by atoms with Gasteiger partial charge in [0.1, 0.15) is 10.8 Å². The summed E-state index contributed by atoms with van der Waals surface area (Å²) in [4.78, 5) is 10.1. The molecule has 0 fully saturated rings. The molecule has 3 aromatic rings. The number of hydrogen-bond acceptors (Lipinski definition) is 5. The normalized spacial score (nSPS) is 16.5. The minimum atomic E-state index is 0.0372. The van der Waals surface area contributed by atoms with E-state index in [1.54, 1.807) is 11.3 Å². The summed E-state index contributed by atoms with van der Waals surface area (Å²) in [6, 6.07) is 21.1. The number of benzene rings is 2. The molecule has 0 radical (unpaired) electrons. The van der Waals surface area contributed by atoms with E-state index in [4.69, 9.17) is 22.3 Å². The van der Waals surface area contributed by atoms with Gasteiger partial charge in [0.05, 0.1) is 6.04 Å². The number of thiophene rings is 1. The summed E-state index contributed by atoms with van der Waals surface area (Å²) in [6.07, 6.45) is 3.30. The maximum absolute atomic E-state index is 6.10. The maximum atomic E-state index is 6.10. The Hall–Kier alpha value is -2.18. The van der Waals surface area contributed by atoms with Crippen molar-refractivity contribution in [2.45, 2.75) is 38.6 Å². The maximum Gasteiger partial charge on any atom is 0.138 e. The van der Waals surface area contributed by atoms with Crippen LogP contribution in [-0.4, -0.2) is 35.1 Å². The minimum Gasteiger partial charge on any atom is -0.350 e. The SMILES string of the molecule is CCC(C1N=c2sccc2=CN1Cc1ccccc1)N(CCN)Cc1ccc(Cl)cc1. The molecule has 4 nitrogen and oxygen atoms in total. The number of halogens is 1. The third-order valence-corrected chi connectivity index (χ3v) is 6.81. The molecule has 2 heterocycles. The second-order valence-corrected chi connectivity index (χ2v) is 9.20. The second-order valence-electron chi connectivity index (χ2n) is 7.87. The van der Waals surface area contributed by atoms with Crippen molar-refractivity contribution in [1.82, 2.24) is 9.80 Å². The van der Waals surface area contributed by atoms with Crippen molar-refractivity contribution < 1.29 is 0 Å². The first-order chi connectivity index (χ1) is 15.2. The number of nitrogens with two attached hydrogens (primary N) is 1. The van der Waals surface area contributed by atoms with E-state index in [1.165, 1.54) is 16.3 Å². The van der Waals surface area contributed by atoms with E-state index in [2.05, 4.69) is 76.8 Å². The minimum absolute atomic E-state index is 0.0372. The van der Waals surface area contributed by atoms with Crippen LogP contribution in [0.3, 0.4) is 0 Å². The lowest BCUT2D eigenvalue weighted by molar-refractivity contribution is 0.102. The number of hydrogen-bond donors (Lipinski definition) is 1. The number of rotatable bonds is 9. The van der Waals surface area contributed by atoms with E-state index in [9.17, 15) is 0 Å². The Labute approximate surface area is 193 Å². The molecule has 2 unspecified atom stereocenters. The van der Waals surface area contributed by atoms with E-state index in [0.29, 0.717) is 6.54 Å². The molecule has 0 saturated carbocycles. The van der Waals surface area contributed by atoms with Crippen LogP contribution in [0.25, 0.3) is 6.20 Å².